The third kappa shape index (κ3) is 4.59. The summed E-state index contributed by atoms with van der Waals surface area (Å²) in [6, 6.07) is 0. The highest BCUT2D eigenvalue weighted by molar-refractivity contribution is 9.09. The highest BCUT2D eigenvalue weighted by atomic mass is 79.9. The van der Waals surface area contributed by atoms with E-state index in [0.717, 1.165) is 0 Å². The summed E-state index contributed by atoms with van der Waals surface area (Å²) in [5, 5.41) is 0.531. The summed E-state index contributed by atoms with van der Waals surface area (Å²) in [5.41, 5.74) is 0. The second-order valence-corrected chi connectivity index (χ2v) is 2.51. The summed E-state index contributed by atoms with van der Waals surface area (Å²) in [6.07, 6.45) is 0. The molecule has 0 saturated heterocycles. The minimum Gasteiger partial charge on any atom is -0.227 e. The molecule has 0 heterocycles. The lowest BCUT2D eigenvalue weighted by Gasteiger charge is -1.76. The number of halogens is 1. The van der Waals surface area contributed by atoms with E-state index in [-0.39, 0.29) is 5.75 Å². The molecule has 1 unspecified atom stereocenters. The molecule has 4 heteroatoms. The van der Waals surface area contributed by atoms with Crippen molar-refractivity contribution in [3.63, 3.8) is 0 Å². The van der Waals surface area contributed by atoms with Gasteiger partial charge in [-0.2, -0.15) is 0 Å². The van der Waals surface area contributed by atoms with Gasteiger partial charge in [-0.05, 0) is 0 Å². The van der Waals surface area contributed by atoms with Crippen molar-refractivity contribution in [3.05, 3.63) is 0 Å². The predicted molar refractivity (Wildman–Crippen MR) is 27.5 cm³/mol. The van der Waals surface area contributed by atoms with Crippen LogP contribution in [0.25, 0.3) is 0 Å². The van der Waals surface area contributed by atoms with Crippen LogP contribution in [0.2, 0.25) is 0 Å². The molecule has 0 aliphatic carbocycles. The Kier molecular flexibility index (Phi) is 4.14. The van der Waals surface area contributed by atoms with Crippen molar-refractivity contribution in [1.29, 1.82) is 0 Å². The van der Waals surface area contributed by atoms with Crippen LogP contribution in [0.4, 0.5) is 0 Å². The molecule has 0 spiro atoms. The highest BCUT2D eigenvalue weighted by Gasteiger charge is 1.87. The van der Waals surface area contributed by atoms with Gasteiger partial charge in [0, 0.05) is 5.33 Å². The van der Waals surface area contributed by atoms with Crippen LogP contribution in [0.3, 0.4) is 0 Å². The summed E-state index contributed by atoms with van der Waals surface area (Å²) >= 11 is 1.09. The van der Waals surface area contributed by atoms with Gasteiger partial charge in [0.15, 0.2) is 11.1 Å². The summed E-state index contributed by atoms with van der Waals surface area (Å²) < 4.78 is 19.1. The summed E-state index contributed by atoms with van der Waals surface area (Å²) in [7, 11) is 0. The SMILES string of the molecule is [O]S(=O)CCBr. The topological polar surface area (TPSA) is 37.0 Å². The van der Waals surface area contributed by atoms with Crippen LogP contribution in [0.1, 0.15) is 0 Å². The maximum atomic E-state index is 9.57. The summed E-state index contributed by atoms with van der Waals surface area (Å²) in [6.45, 7) is 0. The minimum atomic E-state index is -1.86. The lowest BCUT2D eigenvalue weighted by Crippen LogP contribution is -1.91. The van der Waals surface area contributed by atoms with E-state index in [4.69, 9.17) is 0 Å². The first-order valence-electron chi connectivity index (χ1n) is 1.39. The molecule has 37 valence electrons. The molecule has 0 aliphatic rings. The molecule has 0 aliphatic heterocycles. The van der Waals surface area contributed by atoms with E-state index in [2.05, 4.69) is 15.9 Å². The Hall–Kier alpha value is 0.590. The van der Waals surface area contributed by atoms with Crippen LogP contribution in [0, 0.1) is 0 Å². The quantitative estimate of drug-likeness (QED) is 0.558. The van der Waals surface area contributed by atoms with Gasteiger partial charge in [-0.15, -0.1) is 4.55 Å². The van der Waals surface area contributed by atoms with Crippen LogP contribution >= 0.6 is 15.9 Å². The van der Waals surface area contributed by atoms with Crippen molar-refractivity contribution in [3.8, 4) is 0 Å². The first kappa shape index (κ1) is 6.59. The van der Waals surface area contributed by atoms with E-state index < -0.39 is 11.1 Å². The van der Waals surface area contributed by atoms with Crippen LogP contribution in [0.15, 0.2) is 0 Å². The van der Waals surface area contributed by atoms with Gasteiger partial charge in [0.05, 0.1) is 5.75 Å². The van der Waals surface area contributed by atoms with E-state index in [1.54, 1.807) is 0 Å². The molecule has 1 radical (unpaired) electrons. The average Bonchev–Trinajstić information content (AvgIpc) is 1.35. The summed E-state index contributed by atoms with van der Waals surface area (Å²) in [5.74, 6) is 0.208. The van der Waals surface area contributed by atoms with Crippen LogP contribution < -0.4 is 0 Å². The Morgan fingerprint density at radius 1 is 1.67 bits per heavy atom. The van der Waals surface area contributed by atoms with Gasteiger partial charge in [0.25, 0.3) is 0 Å². The number of rotatable bonds is 2. The van der Waals surface area contributed by atoms with Gasteiger partial charge in [-0.25, -0.2) is 4.21 Å². The van der Waals surface area contributed by atoms with E-state index in [1.165, 1.54) is 0 Å². The summed E-state index contributed by atoms with van der Waals surface area (Å²) in [4.78, 5) is 0. The van der Waals surface area contributed by atoms with Crippen LogP contribution in [0.5, 0.6) is 0 Å². The molecule has 6 heavy (non-hydrogen) atoms. The van der Waals surface area contributed by atoms with Crippen LogP contribution in [-0.4, -0.2) is 15.3 Å². The van der Waals surface area contributed by atoms with E-state index in [0.29, 0.717) is 5.33 Å². The monoisotopic (exact) mass is 171 g/mol. The fourth-order valence-corrected chi connectivity index (χ4v) is 0.982. The Morgan fingerprint density at radius 2 is 2.17 bits per heavy atom. The van der Waals surface area contributed by atoms with Gasteiger partial charge in [-0.3, -0.25) is 0 Å². The lowest BCUT2D eigenvalue weighted by atomic mass is 11.0. The largest absolute Gasteiger partial charge is 0.227 e. The number of alkyl halides is 1. The molecule has 0 saturated carbocycles. The lowest BCUT2D eigenvalue weighted by molar-refractivity contribution is 0.474. The fourth-order valence-electron chi connectivity index (χ4n) is 0.0630. The standard InChI is InChI=1S/C2H4BrO2S/c3-1-2-6(4)5/h1-2H2. The molecule has 2 nitrogen and oxygen atoms in total. The van der Waals surface area contributed by atoms with Gasteiger partial charge in [-0.1, -0.05) is 15.9 Å². The van der Waals surface area contributed by atoms with Crippen molar-refractivity contribution < 1.29 is 8.76 Å². The zero-order valence-corrected chi connectivity index (χ0v) is 5.42. The molecule has 0 amide bonds. The minimum absolute atomic E-state index is 0.208. The molecular weight excluding hydrogens is 168 g/mol. The fraction of sp³-hybridized carbons (Fsp3) is 1.00. The van der Waals surface area contributed by atoms with Crippen molar-refractivity contribution in [2.24, 2.45) is 0 Å². The Morgan fingerprint density at radius 3 is 2.17 bits per heavy atom. The molecule has 0 aromatic carbocycles. The molecule has 0 N–H and O–H groups in total. The first-order chi connectivity index (χ1) is 2.77. The third-order valence-corrected chi connectivity index (χ3v) is 1.70. The highest BCUT2D eigenvalue weighted by Crippen LogP contribution is 1.80. The van der Waals surface area contributed by atoms with Gasteiger partial charge in [0.1, 0.15) is 0 Å². The molecule has 0 fully saturated rings. The van der Waals surface area contributed by atoms with E-state index >= 15 is 0 Å². The average molecular weight is 172 g/mol. The van der Waals surface area contributed by atoms with Gasteiger partial charge < -0.3 is 0 Å². The maximum Gasteiger partial charge on any atom is 0.189 e. The zero-order valence-electron chi connectivity index (χ0n) is 3.02. The molecular formula is C2H4BrO2S. The zero-order chi connectivity index (χ0) is 4.99. The normalized spacial score (nSPS) is 14.3. The van der Waals surface area contributed by atoms with Crippen molar-refractivity contribution in [2.75, 3.05) is 11.1 Å². The smallest absolute Gasteiger partial charge is 0.189 e. The molecule has 0 aromatic heterocycles. The Labute approximate surface area is 47.3 Å². The second-order valence-electron chi connectivity index (χ2n) is 0.697. The van der Waals surface area contributed by atoms with Crippen molar-refractivity contribution in [2.45, 2.75) is 0 Å². The van der Waals surface area contributed by atoms with Gasteiger partial charge >= 0.3 is 0 Å². The van der Waals surface area contributed by atoms with Crippen molar-refractivity contribution >= 4 is 27.0 Å². The molecule has 0 aromatic rings. The van der Waals surface area contributed by atoms with Crippen LogP contribution in [-0.2, 0) is 15.6 Å². The number of hydrogen-bond acceptors (Lipinski definition) is 1. The molecule has 0 bridgehead atoms. The Balaban J connectivity index is 2.83. The van der Waals surface area contributed by atoms with E-state index in [9.17, 15) is 8.76 Å². The van der Waals surface area contributed by atoms with Gasteiger partial charge in [0.2, 0.25) is 0 Å². The van der Waals surface area contributed by atoms with Crippen molar-refractivity contribution in [1.82, 2.24) is 0 Å². The molecule has 0 rings (SSSR count). The first-order valence-corrected chi connectivity index (χ1v) is 3.75. The van der Waals surface area contributed by atoms with E-state index in [1.807, 2.05) is 0 Å². The maximum absolute atomic E-state index is 9.57. The second kappa shape index (κ2) is 3.77. The number of hydrogen-bond donors (Lipinski definition) is 0. The molecule has 1 atom stereocenters. The Bertz CT molecular complexity index is 55.5. The third-order valence-electron chi connectivity index (χ3n) is 0.244. The predicted octanol–water partition coefficient (Wildman–Crippen LogP) is 0.476.